The van der Waals surface area contributed by atoms with E-state index in [2.05, 4.69) is 10.5 Å². The molecule has 0 radical (unpaired) electrons. The second kappa shape index (κ2) is 8.33. The summed E-state index contributed by atoms with van der Waals surface area (Å²) < 4.78 is 10.5. The maximum atomic E-state index is 11.7. The van der Waals surface area contributed by atoms with Crippen molar-refractivity contribution in [2.75, 3.05) is 13.7 Å². The van der Waals surface area contributed by atoms with Crippen molar-refractivity contribution in [1.82, 2.24) is 5.43 Å². The average Bonchev–Trinajstić information content (AvgIpc) is 2.60. The summed E-state index contributed by atoms with van der Waals surface area (Å²) in [5.74, 6) is -0.435. The molecule has 0 saturated carbocycles. The number of methoxy groups -OCH3 is 1. The predicted molar refractivity (Wildman–Crippen MR) is 87.6 cm³/mol. The van der Waals surface area contributed by atoms with E-state index < -0.39 is 11.9 Å². The highest BCUT2D eigenvalue weighted by molar-refractivity contribution is 5.89. The van der Waals surface area contributed by atoms with Crippen LogP contribution >= 0.6 is 0 Å². The number of amides is 1. The number of para-hydroxylation sites is 2. The number of hydrogen-bond acceptors (Lipinski definition) is 5. The van der Waals surface area contributed by atoms with Gasteiger partial charge in [-0.1, -0.05) is 24.3 Å². The summed E-state index contributed by atoms with van der Waals surface area (Å²) in [5, 5.41) is 12.6. The molecule has 0 aliphatic rings. The first kappa shape index (κ1) is 17.0. The number of ether oxygens (including phenoxy) is 2. The molecule has 0 aliphatic carbocycles. The third-order valence-electron chi connectivity index (χ3n) is 2.99. The topological polar surface area (TPSA) is 97.2 Å². The largest absolute Gasteiger partial charge is 0.493 e. The molecule has 0 aliphatic heterocycles. The Hall–Kier alpha value is -3.35. The quantitative estimate of drug-likeness (QED) is 0.598. The lowest BCUT2D eigenvalue weighted by atomic mass is 10.1. The number of rotatable bonds is 7. The number of nitrogens with zero attached hydrogens (tertiary/aromatic N) is 1. The third kappa shape index (κ3) is 4.84. The summed E-state index contributed by atoms with van der Waals surface area (Å²) in [6.45, 7) is -0.213. The van der Waals surface area contributed by atoms with Crippen LogP contribution in [-0.4, -0.2) is 36.9 Å². The van der Waals surface area contributed by atoms with Crippen LogP contribution in [0.2, 0.25) is 0 Å². The average molecular weight is 328 g/mol. The van der Waals surface area contributed by atoms with Crippen LogP contribution in [0.1, 0.15) is 15.9 Å². The van der Waals surface area contributed by atoms with Crippen molar-refractivity contribution in [2.24, 2.45) is 5.10 Å². The number of carbonyl (C=O) groups excluding carboxylic acids is 1. The standard InChI is InChI=1S/C17H16N2O5/c1-23-14-4-2-3-5-15(14)24-11-16(20)19-18-10-12-6-8-13(9-7-12)17(21)22/h2-10H,11H2,1H3,(H,19,20)(H,21,22)/b18-10+. The van der Waals surface area contributed by atoms with Crippen molar-refractivity contribution in [1.29, 1.82) is 0 Å². The van der Waals surface area contributed by atoms with Gasteiger partial charge in [0.25, 0.3) is 5.91 Å². The van der Waals surface area contributed by atoms with Gasteiger partial charge in [0.2, 0.25) is 0 Å². The first-order valence-corrected chi connectivity index (χ1v) is 7.01. The Morgan fingerprint density at radius 1 is 1.12 bits per heavy atom. The minimum absolute atomic E-state index is 0.182. The molecule has 7 nitrogen and oxygen atoms in total. The maximum Gasteiger partial charge on any atom is 0.335 e. The maximum absolute atomic E-state index is 11.7. The summed E-state index contributed by atoms with van der Waals surface area (Å²) in [6.07, 6.45) is 1.41. The molecule has 0 fully saturated rings. The summed E-state index contributed by atoms with van der Waals surface area (Å²) in [5.41, 5.74) is 3.16. The van der Waals surface area contributed by atoms with E-state index in [1.807, 2.05) is 0 Å². The van der Waals surface area contributed by atoms with Crippen LogP contribution in [0.15, 0.2) is 53.6 Å². The third-order valence-corrected chi connectivity index (χ3v) is 2.99. The number of hydrogen-bond donors (Lipinski definition) is 2. The smallest absolute Gasteiger partial charge is 0.335 e. The number of carboxylic acids is 1. The number of hydrazone groups is 1. The van der Waals surface area contributed by atoms with E-state index in [9.17, 15) is 9.59 Å². The highest BCUT2D eigenvalue weighted by atomic mass is 16.5. The van der Waals surface area contributed by atoms with Crippen molar-refractivity contribution in [3.05, 3.63) is 59.7 Å². The summed E-state index contributed by atoms with van der Waals surface area (Å²) in [4.78, 5) is 22.4. The van der Waals surface area contributed by atoms with Gasteiger partial charge in [-0.3, -0.25) is 4.79 Å². The zero-order valence-electron chi connectivity index (χ0n) is 12.9. The van der Waals surface area contributed by atoms with Gasteiger partial charge in [0, 0.05) is 0 Å². The molecule has 0 bridgehead atoms. The second-order valence-electron chi connectivity index (χ2n) is 4.66. The minimum Gasteiger partial charge on any atom is -0.493 e. The van der Waals surface area contributed by atoms with E-state index in [4.69, 9.17) is 14.6 Å². The zero-order chi connectivity index (χ0) is 17.4. The Morgan fingerprint density at radius 3 is 2.42 bits per heavy atom. The van der Waals surface area contributed by atoms with Crippen LogP contribution in [0.5, 0.6) is 11.5 Å². The van der Waals surface area contributed by atoms with E-state index in [1.165, 1.54) is 25.5 Å². The fraction of sp³-hybridized carbons (Fsp3) is 0.118. The van der Waals surface area contributed by atoms with Crippen molar-refractivity contribution in [3.63, 3.8) is 0 Å². The minimum atomic E-state index is -1.000. The molecule has 0 saturated heterocycles. The number of nitrogens with one attached hydrogen (secondary N) is 1. The Bertz CT molecular complexity index is 741. The molecule has 0 aromatic heterocycles. The summed E-state index contributed by atoms with van der Waals surface area (Å²) >= 11 is 0. The Morgan fingerprint density at radius 2 is 1.79 bits per heavy atom. The fourth-order valence-corrected chi connectivity index (χ4v) is 1.80. The molecule has 124 valence electrons. The van der Waals surface area contributed by atoms with Crippen LogP contribution in [0.25, 0.3) is 0 Å². The van der Waals surface area contributed by atoms with E-state index in [0.717, 1.165) is 0 Å². The molecule has 0 unspecified atom stereocenters. The number of carboxylic acid groups (broad SMARTS) is 1. The molecule has 2 aromatic carbocycles. The highest BCUT2D eigenvalue weighted by Crippen LogP contribution is 2.25. The lowest BCUT2D eigenvalue weighted by Crippen LogP contribution is -2.24. The molecule has 1 amide bonds. The first-order chi connectivity index (χ1) is 11.6. The molecular weight excluding hydrogens is 312 g/mol. The first-order valence-electron chi connectivity index (χ1n) is 7.01. The van der Waals surface area contributed by atoms with Gasteiger partial charge in [-0.2, -0.15) is 5.10 Å². The molecular formula is C17H16N2O5. The van der Waals surface area contributed by atoms with Gasteiger partial charge in [-0.25, -0.2) is 10.2 Å². The van der Waals surface area contributed by atoms with Gasteiger partial charge in [0.05, 0.1) is 18.9 Å². The van der Waals surface area contributed by atoms with Gasteiger partial charge >= 0.3 is 5.97 Å². The highest BCUT2D eigenvalue weighted by Gasteiger charge is 2.06. The molecule has 0 atom stereocenters. The van der Waals surface area contributed by atoms with Crippen LogP contribution < -0.4 is 14.9 Å². The van der Waals surface area contributed by atoms with Gasteiger partial charge in [0.1, 0.15) is 0 Å². The second-order valence-corrected chi connectivity index (χ2v) is 4.66. The van der Waals surface area contributed by atoms with Crippen LogP contribution in [0.3, 0.4) is 0 Å². The Kier molecular flexibility index (Phi) is 5.90. The zero-order valence-corrected chi connectivity index (χ0v) is 12.9. The number of aromatic carboxylic acids is 1. The fourth-order valence-electron chi connectivity index (χ4n) is 1.80. The molecule has 0 spiro atoms. The van der Waals surface area contributed by atoms with Gasteiger partial charge in [0.15, 0.2) is 18.1 Å². The van der Waals surface area contributed by atoms with Crippen LogP contribution in [0, 0.1) is 0 Å². The van der Waals surface area contributed by atoms with Crippen molar-refractivity contribution < 1.29 is 24.2 Å². The van der Waals surface area contributed by atoms with Gasteiger partial charge in [-0.05, 0) is 29.8 Å². The SMILES string of the molecule is COc1ccccc1OCC(=O)N/N=C/c1ccc(C(=O)O)cc1. The monoisotopic (exact) mass is 328 g/mol. The van der Waals surface area contributed by atoms with Crippen molar-refractivity contribution in [2.45, 2.75) is 0 Å². The number of benzene rings is 2. The molecule has 2 aromatic rings. The number of carbonyl (C=O) groups is 2. The normalized spacial score (nSPS) is 10.4. The lowest BCUT2D eigenvalue weighted by Gasteiger charge is -2.09. The molecule has 7 heteroatoms. The van der Waals surface area contributed by atoms with E-state index in [1.54, 1.807) is 36.4 Å². The molecule has 2 rings (SSSR count). The molecule has 24 heavy (non-hydrogen) atoms. The Balaban J connectivity index is 1.83. The Labute approximate surface area is 138 Å². The van der Waals surface area contributed by atoms with Gasteiger partial charge in [-0.15, -0.1) is 0 Å². The van der Waals surface area contributed by atoms with Crippen LogP contribution in [0.4, 0.5) is 0 Å². The lowest BCUT2D eigenvalue weighted by molar-refractivity contribution is -0.123. The summed E-state index contributed by atoms with van der Waals surface area (Å²) in [7, 11) is 1.52. The molecule has 0 heterocycles. The summed E-state index contributed by atoms with van der Waals surface area (Å²) in [6, 6.07) is 13.1. The van der Waals surface area contributed by atoms with E-state index in [0.29, 0.717) is 17.1 Å². The van der Waals surface area contributed by atoms with E-state index in [-0.39, 0.29) is 12.2 Å². The predicted octanol–water partition coefficient (Wildman–Crippen LogP) is 1.92. The van der Waals surface area contributed by atoms with Crippen LogP contribution in [-0.2, 0) is 4.79 Å². The van der Waals surface area contributed by atoms with Gasteiger partial charge < -0.3 is 14.6 Å². The molecule has 2 N–H and O–H groups in total. The van der Waals surface area contributed by atoms with E-state index >= 15 is 0 Å². The van der Waals surface area contributed by atoms with Crippen molar-refractivity contribution in [3.8, 4) is 11.5 Å². The van der Waals surface area contributed by atoms with Crippen molar-refractivity contribution >= 4 is 18.1 Å².